The number of fused-ring (bicyclic) bond motifs is 1. The Labute approximate surface area is 176 Å². The molecule has 2 aliphatic heterocycles. The van der Waals surface area contributed by atoms with E-state index >= 15 is 0 Å². The highest BCUT2D eigenvalue weighted by molar-refractivity contribution is 6.05. The molecule has 1 amide bonds. The Hall–Kier alpha value is -2.29. The Bertz CT molecular complexity index is 823. The van der Waals surface area contributed by atoms with E-state index in [0.717, 1.165) is 38.4 Å². The van der Waals surface area contributed by atoms with Crippen LogP contribution in [0.5, 0.6) is 0 Å². The summed E-state index contributed by atoms with van der Waals surface area (Å²) in [7, 11) is 0. The van der Waals surface area contributed by atoms with Gasteiger partial charge in [-0.15, -0.1) is 0 Å². The van der Waals surface area contributed by atoms with E-state index in [1.165, 1.54) is 0 Å². The van der Waals surface area contributed by atoms with Crippen LogP contribution >= 0.6 is 0 Å². The number of rotatable bonds is 2. The van der Waals surface area contributed by atoms with Gasteiger partial charge in [0.05, 0.1) is 11.1 Å². The van der Waals surface area contributed by atoms with E-state index in [1.54, 1.807) is 18.2 Å². The molecular formula is C22H30N2O6. The van der Waals surface area contributed by atoms with Crippen molar-refractivity contribution in [3.8, 4) is 0 Å². The average molecular weight is 418 g/mol. The number of hydrogen-bond acceptors (Lipinski definition) is 6. The lowest BCUT2D eigenvalue weighted by Crippen LogP contribution is -2.69. The molecule has 30 heavy (non-hydrogen) atoms. The first-order chi connectivity index (χ1) is 14.2. The molecule has 4 rings (SSSR count). The molecule has 2 heterocycles. The van der Waals surface area contributed by atoms with E-state index < -0.39 is 23.2 Å². The van der Waals surface area contributed by atoms with Crippen molar-refractivity contribution in [3.05, 3.63) is 34.9 Å². The fourth-order valence-corrected chi connectivity index (χ4v) is 4.69. The van der Waals surface area contributed by atoms with Gasteiger partial charge < -0.3 is 25.6 Å². The number of ether oxygens (including phenoxy) is 1. The van der Waals surface area contributed by atoms with Gasteiger partial charge in [0.2, 0.25) is 0 Å². The zero-order valence-corrected chi connectivity index (χ0v) is 17.5. The Morgan fingerprint density at radius 2 is 1.87 bits per heavy atom. The van der Waals surface area contributed by atoms with Crippen LogP contribution in [0.25, 0.3) is 0 Å². The summed E-state index contributed by atoms with van der Waals surface area (Å²) in [6, 6.07) is 5.31. The molecule has 8 nitrogen and oxygen atoms in total. The normalized spacial score (nSPS) is 27.0. The molecule has 2 atom stereocenters. The van der Waals surface area contributed by atoms with Crippen LogP contribution in [0.4, 0.5) is 0 Å². The molecule has 2 saturated heterocycles. The van der Waals surface area contributed by atoms with Gasteiger partial charge in [0.15, 0.2) is 5.78 Å². The number of piperidine rings is 1. The number of carbonyl (C=O) groups is 3. The Balaban J connectivity index is 0.000000589. The van der Waals surface area contributed by atoms with Gasteiger partial charge in [-0.3, -0.25) is 14.4 Å². The van der Waals surface area contributed by atoms with E-state index in [0.29, 0.717) is 37.0 Å². The first kappa shape index (κ1) is 22.4. The molecule has 1 aliphatic carbocycles. The minimum absolute atomic E-state index is 0.0978. The number of carbonyl (C=O) groups excluding carboxylic acids is 2. The second-order valence-corrected chi connectivity index (χ2v) is 8.46. The molecule has 3 aliphatic rings. The number of amides is 1. The molecule has 0 unspecified atom stereocenters. The number of carboxylic acids is 1. The minimum Gasteiger partial charge on any atom is -0.481 e. The molecule has 1 aromatic carbocycles. The highest BCUT2D eigenvalue weighted by Gasteiger charge is 2.53. The van der Waals surface area contributed by atoms with Crippen molar-refractivity contribution in [3.63, 3.8) is 0 Å². The van der Waals surface area contributed by atoms with Crippen molar-refractivity contribution in [2.45, 2.75) is 63.2 Å². The highest BCUT2D eigenvalue weighted by atomic mass is 16.5. The number of aliphatic carboxylic acids is 1. The summed E-state index contributed by atoms with van der Waals surface area (Å²) in [4.78, 5) is 34.0. The molecule has 8 heteroatoms. The van der Waals surface area contributed by atoms with Crippen molar-refractivity contribution in [2.75, 3.05) is 19.7 Å². The quantitative estimate of drug-likeness (QED) is 0.570. The molecule has 0 bridgehead atoms. The maximum Gasteiger partial charge on any atom is 0.300 e. The van der Waals surface area contributed by atoms with Crippen LogP contribution in [0.15, 0.2) is 18.2 Å². The van der Waals surface area contributed by atoms with Crippen LogP contribution in [-0.2, 0) is 16.0 Å². The van der Waals surface area contributed by atoms with Gasteiger partial charge in [-0.25, -0.2) is 0 Å². The zero-order valence-electron chi connectivity index (χ0n) is 17.5. The molecule has 1 aromatic rings. The summed E-state index contributed by atoms with van der Waals surface area (Å²) in [5.74, 6) is -0.954. The van der Waals surface area contributed by atoms with E-state index in [-0.39, 0.29) is 11.7 Å². The molecule has 4 N–H and O–H groups in total. The van der Waals surface area contributed by atoms with Crippen LogP contribution in [0.3, 0.4) is 0 Å². The number of aliphatic hydroxyl groups excluding tert-OH is 1. The lowest BCUT2D eigenvalue weighted by atomic mass is 9.73. The average Bonchev–Trinajstić information content (AvgIpc) is 3.08. The molecular weight excluding hydrogens is 388 g/mol. The summed E-state index contributed by atoms with van der Waals surface area (Å²) >= 11 is 0. The summed E-state index contributed by atoms with van der Waals surface area (Å²) in [6.07, 6.45) is 2.32. The third-order valence-corrected chi connectivity index (χ3v) is 6.28. The van der Waals surface area contributed by atoms with E-state index in [1.807, 2.05) is 6.92 Å². The van der Waals surface area contributed by atoms with Crippen LogP contribution in [0, 0.1) is 0 Å². The van der Waals surface area contributed by atoms with Crippen LogP contribution in [0.2, 0.25) is 0 Å². The number of benzene rings is 1. The van der Waals surface area contributed by atoms with Crippen molar-refractivity contribution < 1.29 is 29.3 Å². The first-order valence-corrected chi connectivity index (χ1v) is 10.4. The number of Topliss-reactive ketones (excluding diaryl/α,β-unsaturated/α-hetero) is 1. The summed E-state index contributed by atoms with van der Waals surface area (Å²) in [5.41, 5.74) is 0.688. The fourth-order valence-electron chi connectivity index (χ4n) is 4.69. The standard InChI is InChI=1S/C20H26N2O4.C2H4O2/c1-19(9-12-26-20(18(19)25)7-10-21-11-8-20)22-17(24)15-4-2-3-14-13(15)5-6-16(14)23;1-2(3)4/h2-4,18,21,25H,5-12H2,1H3,(H,22,24);1H3,(H,3,4)/t18-,19+;/m0./s1. The van der Waals surface area contributed by atoms with Crippen molar-refractivity contribution in [2.24, 2.45) is 0 Å². The van der Waals surface area contributed by atoms with E-state index in [9.17, 15) is 14.7 Å². The smallest absolute Gasteiger partial charge is 0.300 e. The van der Waals surface area contributed by atoms with Crippen LogP contribution in [0.1, 0.15) is 65.8 Å². The number of hydrogen-bond donors (Lipinski definition) is 4. The maximum atomic E-state index is 13.0. The predicted molar refractivity (Wildman–Crippen MR) is 110 cm³/mol. The largest absolute Gasteiger partial charge is 0.481 e. The Morgan fingerprint density at radius 1 is 1.20 bits per heavy atom. The predicted octanol–water partition coefficient (Wildman–Crippen LogP) is 1.30. The number of aliphatic hydroxyl groups is 1. The minimum atomic E-state index is -0.833. The third-order valence-electron chi connectivity index (χ3n) is 6.28. The second-order valence-electron chi connectivity index (χ2n) is 8.46. The van der Waals surface area contributed by atoms with Gasteiger partial charge in [0, 0.05) is 31.1 Å². The first-order valence-electron chi connectivity index (χ1n) is 10.4. The molecule has 0 aromatic heterocycles. The fraction of sp³-hybridized carbons (Fsp3) is 0.591. The molecule has 164 valence electrons. The van der Waals surface area contributed by atoms with Gasteiger partial charge in [0.1, 0.15) is 6.10 Å². The summed E-state index contributed by atoms with van der Waals surface area (Å²) in [5, 5.41) is 24.9. The SMILES string of the molecule is CC(=O)O.C[C@@]1(NC(=O)c2cccc3c2CCC3=O)CCOC2(CCNCC2)[C@H]1O. The van der Waals surface area contributed by atoms with Gasteiger partial charge in [-0.05, 0) is 57.3 Å². The van der Waals surface area contributed by atoms with Crippen molar-refractivity contribution in [1.29, 1.82) is 0 Å². The monoisotopic (exact) mass is 418 g/mol. The van der Waals surface area contributed by atoms with Gasteiger partial charge >= 0.3 is 0 Å². The van der Waals surface area contributed by atoms with E-state index in [4.69, 9.17) is 14.6 Å². The van der Waals surface area contributed by atoms with E-state index in [2.05, 4.69) is 10.6 Å². The van der Waals surface area contributed by atoms with Crippen LogP contribution < -0.4 is 10.6 Å². The van der Waals surface area contributed by atoms with Crippen molar-refractivity contribution >= 4 is 17.7 Å². The topological polar surface area (TPSA) is 125 Å². The zero-order chi connectivity index (χ0) is 21.9. The lowest BCUT2D eigenvalue weighted by Gasteiger charge is -2.52. The van der Waals surface area contributed by atoms with Gasteiger partial charge in [-0.2, -0.15) is 0 Å². The Morgan fingerprint density at radius 3 is 2.53 bits per heavy atom. The molecule has 1 spiro atoms. The van der Waals surface area contributed by atoms with Crippen molar-refractivity contribution in [1.82, 2.24) is 10.6 Å². The highest BCUT2D eigenvalue weighted by Crippen LogP contribution is 2.39. The lowest BCUT2D eigenvalue weighted by molar-refractivity contribution is -0.197. The number of nitrogens with one attached hydrogen (secondary N) is 2. The van der Waals surface area contributed by atoms with Crippen LogP contribution in [-0.4, -0.2) is 64.8 Å². The summed E-state index contributed by atoms with van der Waals surface area (Å²) in [6.45, 7) is 5.10. The molecule has 2 fully saturated rings. The Kier molecular flexibility index (Phi) is 6.59. The number of carboxylic acid groups (broad SMARTS) is 1. The molecule has 0 radical (unpaired) electrons. The molecule has 0 saturated carbocycles. The van der Waals surface area contributed by atoms with Gasteiger partial charge in [-0.1, -0.05) is 12.1 Å². The third kappa shape index (κ3) is 4.40. The second kappa shape index (κ2) is 8.83. The maximum absolute atomic E-state index is 13.0. The summed E-state index contributed by atoms with van der Waals surface area (Å²) < 4.78 is 6.00. The number of ketones is 1. The van der Waals surface area contributed by atoms with Gasteiger partial charge in [0.25, 0.3) is 11.9 Å².